The van der Waals surface area contributed by atoms with Crippen molar-refractivity contribution >= 4 is 28.2 Å². The van der Waals surface area contributed by atoms with Crippen molar-refractivity contribution in [3.8, 4) is 0 Å². The summed E-state index contributed by atoms with van der Waals surface area (Å²) < 4.78 is 0. The lowest BCUT2D eigenvalue weighted by Crippen LogP contribution is -2.04. The molecule has 0 aliphatic heterocycles. The number of benzene rings is 1. The largest absolute Gasteiger partial charge is 0.362 e. The average Bonchev–Trinajstić information content (AvgIpc) is 2.89. The second-order valence-corrected chi connectivity index (χ2v) is 4.90. The van der Waals surface area contributed by atoms with E-state index >= 15 is 0 Å². The maximum atomic E-state index is 4.58. The Morgan fingerprint density at radius 2 is 1.94 bits per heavy atom. The Bertz CT molecular complexity index is 664. The molecule has 0 aliphatic carbocycles. The first kappa shape index (κ1) is 11.1. The van der Waals surface area contributed by atoms with Gasteiger partial charge in [-0.05, 0) is 19.1 Å². The van der Waals surface area contributed by atoms with Gasteiger partial charge in [-0.25, -0.2) is 15.0 Å². The molecule has 3 aromatic rings. The Kier molecular flexibility index (Phi) is 2.90. The monoisotopic (exact) mass is 256 g/mol. The van der Waals surface area contributed by atoms with E-state index in [0.717, 1.165) is 27.6 Å². The Morgan fingerprint density at radius 1 is 1.17 bits per heavy atom. The van der Waals surface area contributed by atoms with Gasteiger partial charge in [0.2, 0.25) is 0 Å². The van der Waals surface area contributed by atoms with Crippen LogP contribution in [0.5, 0.6) is 0 Å². The summed E-state index contributed by atoms with van der Waals surface area (Å²) >= 11 is 1.63. The highest BCUT2D eigenvalue weighted by Gasteiger charge is 2.05. The number of nitrogens with zero attached hydrogens (tertiary/aromatic N) is 3. The predicted octanol–water partition coefficient (Wildman–Crippen LogP) is 3.01. The van der Waals surface area contributed by atoms with Crippen LogP contribution >= 0.6 is 11.3 Å². The highest BCUT2D eigenvalue weighted by molar-refractivity contribution is 7.09. The van der Waals surface area contributed by atoms with E-state index in [9.17, 15) is 0 Å². The molecule has 1 N–H and O–H groups in total. The van der Waals surface area contributed by atoms with E-state index in [1.54, 1.807) is 17.5 Å². The molecule has 18 heavy (non-hydrogen) atoms. The van der Waals surface area contributed by atoms with Gasteiger partial charge in [0.1, 0.15) is 10.8 Å². The van der Waals surface area contributed by atoms with E-state index in [4.69, 9.17) is 0 Å². The Labute approximate surface area is 109 Å². The molecule has 3 rings (SSSR count). The Hall–Kier alpha value is -2.01. The van der Waals surface area contributed by atoms with E-state index in [0.29, 0.717) is 6.54 Å². The van der Waals surface area contributed by atoms with E-state index in [2.05, 4.69) is 20.3 Å². The molecule has 0 atom stereocenters. The molecule has 4 nitrogen and oxygen atoms in total. The molecule has 0 saturated carbocycles. The average molecular weight is 256 g/mol. The topological polar surface area (TPSA) is 50.7 Å². The second kappa shape index (κ2) is 4.70. The van der Waals surface area contributed by atoms with Gasteiger partial charge < -0.3 is 5.32 Å². The minimum atomic E-state index is 0.686. The van der Waals surface area contributed by atoms with Crippen molar-refractivity contribution in [1.82, 2.24) is 15.0 Å². The molecule has 1 aromatic carbocycles. The number of aryl methyl sites for hydroxylation is 1. The SMILES string of the molecule is Cc1nc2ccccc2nc1NCc1nccs1. The Balaban J connectivity index is 1.89. The lowest BCUT2D eigenvalue weighted by molar-refractivity contribution is 1.06. The normalized spacial score (nSPS) is 10.7. The number of aromatic nitrogens is 3. The van der Waals surface area contributed by atoms with Crippen molar-refractivity contribution in [2.75, 3.05) is 5.32 Å². The summed E-state index contributed by atoms with van der Waals surface area (Å²) in [6, 6.07) is 7.88. The van der Waals surface area contributed by atoms with Crippen LogP contribution in [0.15, 0.2) is 35.8 Å². The number of hydrogen-bond donors (Lipinski definition) is 1. The molecule has 0 saturated heterocycles. The second-order valence-electron chi connectivity index (χ2n) is 3.93. The maximum Gasteiger partial charge on any atom is 0.148 e. The van der Waals surface area contributed by atoms with Crippen LogP contribution in [0.3, 0.4) is 0 Å². The van der Waals surface area contributed by atoms with E-state index in [1.165, 1.54) is 0 Å². The summed E-state index contributed by atoms with van der Waals surface area (Å²) in [4.78, 5) is 13.3. The van der Waals surface area contributed by atoms with Crippen LogP contribution in [0.4, 0.5) is 5.82 Å². The zero-order valence-electron chi connectivity index (χ0n) is 9.92. The van der Waals surface area contributed by atoms with E-state index in [1.807, 2.05) is 36.6 Å². The third-order valence-electron chi connectivity index (χ3n) is 2.64. The molecule has 5 heteroatoms. The summed E-state index contributed by atoms with van der Waals surface area (Å²) in [5, 5.41) is 6.30. The van der Waals surface area contributed by atoms with Crippen LogP contribution in [0.2, 0.25) is 0 Å². The summed E-state index contributed by atoms with van der Waals surface area (Å²) in [5.74, 6) is 0.823. The van der Waals surface area contributed by atoms with Gasteiger partial charge in [-0.3, -0.25) is 0 Å². The van der Waals surface area contributed by atoms with Gasteiger partial charge in [-0.15, -0.1) is 11.3 Å². The van der Waals surface area contributed by atoms with E-state index in [-0.39, 0.29) is 0 Å². The zero-order valence-corrected chi connectivity index (χ0v) is 10.7. The van der Waals surface area contributed by atoms with Crippen LogP contribution in [0.25, 0.3) is 11.0 Å². The van der Waals surface area contributed by atoms with Gasteiger partial charge in [-0.1, -0.05) is 12.1 Å². The van der Waals surface area contributed by atoms with Crippen LogP contribution in [-0.4, -0.2) is 15.0 Å². The third-order valence-corrected chi connectivity index (χ3v) is 3.41. The summed E-state index contributed by atoms with van der Waals surface area (Å²) in [6.45, 7) is 2.65. The lowest BCUT2D eigenvalue weighted by Gasteiger charge is -2.07. The van der Waals surface area contributed by atoms with Gasteiger partial charge in [0, 0.05) is 11.6 Å². The van der Waals surface area contributed by atoms with Crippen molar-refractivity contribution in [2.45, 2.75) is 13.5 Å². The van der Waals surface area contributed by atoms with Crippen molar-refractivity contribution in [1.29, 1.82) is 0 Å². The summed E-state index contributed by atoms with van der Waals surface area (Å²) in [5.41, 5.74) is 2.74. The minimum absolute atomic E-state index is 0.686. The van der Waals surface area contributed by atoms with Crippen LogP contribution in [-0.2, 0) is 6.54 Å². The molecular formula is C13H12N4S. The predicted molar refractivity (Wildman–Crippen MR) is 73.7 cm³/mol. The van der Waals surface area contributed by atoms with Crippen LogP contribution in [0.1, 0.15) is 10.7 Å². The van der Waals surface area contributed by atoms with Crippen molar-refractivity contribution in [3.63, 3.8) is 0 Å². The number of para-hydroxylation sites is 2. The van der Waals surface area contributed by atoms with Gasteiger partial charge >= 0.3 is 0 Å². The van der Waals surface area contributed by atoms with Gasteiger partial charge in [0.25, 0.3) is 0 Å². The number of thiazole rings is 1. The first-order chi connectivity index (χ1) is 8.83. The zero-order chi connectivity index (χ0) is 12.4. The minimum Gasteiger partial charge on any atom is -0.362 e. The first-order valence-corrected chi connectivity index (χ1v) is 6.56. The van der Waals surface area contributed by atoms with Gasteiger partial charge in [-0.2, -0.15) is 0 Å². The standard InChI is InChI=1S/C13H12N4S/c1-9-13(15-8-12-14-6-7-18-12)17-11-5-3-2-4-10(11)16-9/h2-7H,8H2,1H3,(H,15,17). The number of rotatable bonds is 3. The third kappa shape index (κ3) is 2.17. The Morgan fingerprint density at radius 3 is 2.67 bits per heavy atom. The molecule has 0 amide bonds. The quantitative estimate of drug-likeness (QED) is 0.782. The molecule has 0 aliphatic rings. The molecule has 2 heterocycles. The highest BCUT2D eigenvalue weighted by Crippen LogP contribution is 2.17. The number of anilines is 1. The van der Waals surface area contributed by atoms with Gasteiger partial charge in [0.15, 0.2) is 0 Å². The van der Waals surface area contributed by atoms with Crippen LogP contribution in [0, 0.1) is 6.92 Å². The van der Waals surface area contributed by atoms with Crippen molar-refractivity contribution in [2.24, 2.45) is 0 Å². The van der Waals surface area contributed by atoms with Crippen molar-refractivity contribution in [3.05, 3.63) is 46.5 Å². The fourth-order valence-corrected chi connectivity index (χ4v) is 2.31. The fourth-order valence-electron chi connectivity index (χ4n) is 1.76. The van der Waals surface area contributed by atoms with Crippen LogP contribution < -0.4 is 5.32 Å². The summed E-state index contributed by atoms with van der Waals surface area (Å²) in [7, 11) is 0. The number of nitrogens with one attached hydrogen (secondary N) is 1. The molecule has 0 radical (unpaired) electrons. The maximum absolute atomic E-state index is 4.58. The molecular weight excluding hydrogens is 244 g/mol. The van der Waals surface area contributed by atoms with Gasteiger partial charge in [0.05, 0.1) is 23.3 Å². The first-order valence-electron chi connectivity index (χ1n) is 5.68. The molecule has 90 valence electrons. The molecule has 0 spiro atoms. The van der Waals surface area contributed by atoms with Crippen molar-refractivity contribution < 1.29 is 0 Å². The highest BCUT2D eigenvalue weighted by atomic mass is 32.1. The molecule has 0 unspecified atom stereocenters. The van der Waals surface area contributed by atoms with E-state index < -0.39 is 0 Å². The summed E-state index contributed by atoms with van der Waals surface area (Å²) in [6.07, 6.45) is 1.81. The molecule has 0 bridgehead atoms. The fraction of sp³-hybridized carbons (Fsp3) is 0.154. The molecule has 0 fully saturated rings. The molecule has 2 aromatic heterocycles. The number of hydrogen-bond acceptors (Lipinski definition) is 5. The lowest BCUT2D eigenvalue weighted by atomic mass is 10.3. The smallest absolute Gasteiger partial charge is 0.148 e. The number of fused-ring (bicyclic) bond motifs is 1.